The molecule has 46 heavy (non-hydrogen) atoms. The number of hydrogen-bond acceptors (Lipinski definition) is 8. The van der Waals surface area contributed by atoms with Crippen molar-refractivity contribution in [3.63, 3.8) is 0 Å². The Morgan fingerprint density at radius 3 is 2.15 bits per heavy atom. The van der Waals surface area contributed by atoms with Gasteiger partial charge in [-0.3, -0.25) is 14.5 Å². The molecule has 1 aliphatic rings. The van der Waals surface area contributed by atoms with Gasteiger partial charge in [-0.1, -0.05) is 91.8 Å². The summed E-state index contributed by atoms with van der Waals surface area (Å²) >= 11 is 0. The maximum atomic E-state index is 13.7. The molecule has 1 heterocycles. The number of imide groups is 1. The number of sulfonamides is 1. The molecule has 0 bridgehead atoms. The first-order valence-corrected chi connectivity index (χ1v) is 16.3. The summed E-state index contributed by atoms with van der Waals surface area (Å²) in [6, 6.07) is 22.5. The summed E-state index contributed by atoms with van der Waals surface area (Å²) in [6.07, 6.45) is 0.0323. The summed E-state index contributed by atoms with van der Waals surface area (Å²) in [5, 5.41) is 26.0. The zero-order valence-corrected chi connectivity index (χ0v) is 26.6. The molecule has 0 aromatic heterocycles. The minimum Gasteiger partial charge on any atom is -0.411 e. The van der Waals surface area contributed by atoms with E-state index < -0.39 is 46.6 Å². The van der Waals surface area contributed by atoms with Gasteiger partial charge in [0.05, 0.1) is 29.8 Å². The van der Waals surface area contributed by atoms with Crippen molar-refractivity contribution in [1.82, 2.24) is 19.4 Å². The number of aliphatic hydroxyl groups is 1. The van der Waals surface area contributed by atoms with Crippen molar-refractivity contribution in [2.75, 3.05) is 26.2 Å². The van der Waals surface area contributed by atoms with E-state index in [2.05, 4.69) is 10.5 Å². The SMILES string of the molecule is CC(C)CN(C[C@H](O)[C@H](Cc1ccccc1)NC(=O)CN1CC(=O)N(Cc2ccccc2)C1=O)S(=O)(=O)c1ccc(C=NO)cc1. The van der Waals surface area contributed by atoms with Crippen LogP contribution < -0.4 is 5.32 Å². The Labute approximate surface area is 269 Å². The largest absolute Gasteiger partial charge is 0.411 e. The Hall–Kier alpha value is -4.59. The highest BCUT2D eigenvalue weighted by atomic mass is 32.2. The number of carbonyl (C=O) groups excluding carboxylic acids is 3. The van der Waals surface area contributed by atoms with Gasteiger partial charge in [-0.05, 0) is 41.2 Å². The van der Waals surface area contributed by atoms with Crippen LogP contribution in [0.15, 0.2) is 95.0 Å². The minimum atomic E-state index is -4.06. The fourth-order valence-corrected chi connectivity index (χ4v) is 6.79. The Morgan fingerprint density at radius 1 is 0.957 bits per heavy atom. The van der Waals surface area contributed by atoms with Crippen molar-refractivity contribution >= 4 is 34.1 Å². The van der Waals surface area contributed by atoms with Crippen molar-refractivity contribution in [3.8, 4) is 0 Å². The van der Waals surface area contributed by atoms with Gasteiger partial charge in [-0.2, -0.15) is 4.31 Å². The van der Waals surface area contributed by atoms with Gasteiger partial charge in [0.2, 0.25) is 15.9 Å². The Balaban J connectivity index is 1.50. The van der Waals surface area contributed by atoms with E-state index in [1.165, 1.54) is 34.8 Å². The number of rotatable bonds is 15. The average molecular weight is 650 g/mol. The lowest BCUT2D eigenvalue weighted by molar-refractivity contribution is -0.125. The van der Waals surface area contributed by atoms with E-state index in [1.807, 2.05) is 62.4 Å². The van der Waals surface area contributed by atoms with Gasteiger partial charge >= 0.3 is 6.03 Å². The molecule has 0 unspecified atom stereocenters. The van der Waals surface area contributed by atoms with Crippen LogP contribution in [0.25, 0.3) is 0 Å². The monoisotopic (exact) mass is 649 g/mol. The molecular weight excluding hydrogens is 610 g/mol. The third-order valence-electron chi connectivity index (χ3n) is 7.44. The summed E-state index contributed by atoms with van der Waals surface area (Å²) in [6.45, 7) is 2.92. The van der Waals surface area contributed by atoms with E-state index in [1.54, 1.807) is 12.1 Å². The lowest BCUT2D eigenvalue weighted by Gasteiger charge is -2.31. The standard InChI is InChI=1S/C33H39N5O7S/c1-24(2)19-37(46(44,45)28-15-13-26(14-16-28)18-34-43)21-30(39)29(17-25-9-5-3-6-10-25)35-31(40)22-36-23-32(41)38(33(36)42)20-27-11-7-4-8-12-27/h3-16,18,24,29-30,39,43H,17,19-23H2,1-2H3,(H,35,40)/t29-,30-/m0/s1. The number of amides is 4. The second-order valence-corrected chi connectivity index (χ2v) is 13.5. The number of benzene rings is 3. The molecule has 0 aliphatic carbocycles. The summed E-state index contributed by atoms with van der Waals surface area (Å²) in [5.41, 5.74) is 2.08. The Morgan fingerprint density at radius 2 is 1.57 bits per heavy atom. The minimum absolute atomic E-state index is 0.00338. The van der Waals surface area contributed by atoms with E-state index in [9.17, 15) is 27.9 Å². The van der Waals surface area contributed by atoms with Crippen molar-refractivity contribution in [2.45, 2.75) is 43.9 Å². The van der Waals surface area contributed by atoms with Crippen molar-refractivity contribution in [3.05, 3.63) is 102 Å². The molecule has 1 saturated heterocycles. The van der Waals surface area contributed by atoms with Crippen LogP contribution in [0.1, 0.15) is 30.5 Å². The zero-order valence-electron chi connectivity index (χ0n) is 25.8. The first-order chi connectivity index (χ1) is 22.0. The smallest absolute Gasteiger partial charge is 0.328 e. The summed E-state index contributed by atoms with van der Waals surface area (Å²) < 4.78 is 28.6. The summed E-state index contributed by atoms with van der Waals surface area (Å²) in [4.78, 5) is 41.2. The predicted molar refractivity (Wildman–Crippen MR) is 171 cm³/mol. The molecule has 1 aliphatic heterocycles. The van der Waals surface area contributed by atoms with Gasteiger partial charge in [-0.15, -0.1) is 0 Å². The summed E-state index contributed by atoms with van der Waals surface area (Å²) in [5.74, 6) is -1.10. The van der Waals surface area contributed by atoms with Crippen LogP contribution in [-0.4, -0.2) is 95.2 Å². The average Bonchev–Trinajstić information content (AvgIpc) is 3.28. The molecule has 244 valence electrons. The number of aliphatic hydroxyl groups excluding tert-OH is 1. The van der Waals surface area contributed by atoms with Crippen LogP contribution >= 0.6 is 0 Å². The van der Waals surface area contributed by atoms with Gasteiger partial charge in [0.25, 0.3) is 5.91 Å². The highest BCUT2D eigenvalue weighted by Crippen LogP contribution is 2.20. The number of carbonyl (C=O) groups is 3. The lowest BCUT2D eigenvalue weighted by atomic mass is 10.0. The molecule has 2 atom stereocenters. The molecule has 4 rings (SSSR count). The van der Waals surface area contributed by atoms with E-state index in [0.717, 1.165) is 20.9 Å². The second-order valence-electron chi connectivity index (χ2n) is 11.6. The molecule has 3 N–H and O–H groups in total. The number of hydrogen-bond donors (Lipinski definition) is 3. The van der Waals surface area contributed by atoms with Gasteiger partial charge in [0.15, 0.2) is 0 Å². The quantitative estimate of drug-likeness (QED) is 0.0988. The second kappa shape index (κ2) is 15.6. The third-order valence-corrected chi connectivity index (χ3v) is 9.29. The van der Waals surface area contributed by atoms with E-state index in [-0.39, 0.29) is 43.4 Å². The molecule has 0 radical (unpaired) electrons. The van der Waals surface area contributed by atoms with Crippen LogP contribution in [0.5, 0.6) is 0 Å². The van der Waals surface area contributed by atoms with Gasteiger partial charge < -0.3 is 20.5 Å². The fraction of sp³-hybridized carbons (Fsp3) is 0.333. The van der Waals surface area contributed by atoms with Crippen LogP contribution in [0.3, 0.4) is 0 Å². The molecule has 0 saturated carbocycles. The van der Waals surface area contributed by atoms with E-state index in [0.29, 0.717) is 5.56 Å². The Kier molecular flexibility index (Phi) is 11.6. The molecule has 1 fully saturated rings. The molecule has 0 spiro atoms. The summed E-state index contributed by atoms with van der Waals surface area (Å²) in [7, 11) is -4.06. The van der Waals surface area contributed by atoms with E-state index >= 15 is 0 Å². The normalized spacial score (nSPS) is 15.2. The van der Waals surface area contributed by atoms with Crippen LogP contribution in [-0.2, 0) is 32.6 Å². The van der Waals surface area contributed by atoms with Crippen LogP contribution in [0, 0.1) is 5.92 Å². The van der Waals surface area contributed by atoms with Crippen molar-refractivity contribution in [1.29, 1.82) is 0 Å². The van der Waals surface area contributed by atoms with Gasteiger partial charge in [-0.25, -0.2) is 13.2 Å². The topological polar surface area (TPSA) is 160 Å². The molecule has 3 aromatic carbocycles. The van der Waals surface area contributed by atoms with Crippen molar-refractivity contribution in [2.24, 2.45) is 11.1 Å². The number of nitrogens with one attached hydrogen (secondary N) is 1. The molecule has 12 nitrogen and oxygen atoms in total. The van der Waals surface area contributed by atoms with Crippen LogP contribution in [0.4, 0.5) is 4.79 Å². The van der Waals surface area contributed by atoms with Crippen LogP contribution in [0.2, 0.25) is 0 Å². The van der Waals surface area contributed by atoms with E-state index in [4.69, 9.17) is 5.21 Å². The lowest BCUT2D eigenvalue weighted by Crippen LogP contribution is -2.53. The number of urea groups is 1. The molecule has 13 heteroatoms. The van der Waals surface area contributed by atoms with Gasteiger partial charge in [0, 0.05) is 13.1 Å². The predicted octanol–water partition coefficient (Wildman–Crippen LogP) is 2.69. The fourth-order valence-electron chi connectivity index (χ4n) is 5.17. The zero-order chi connectivity index (χ0) is 33.3. The molecule has 3 aromatic rings. The molecular formula is C33H39N5O7S. The Bertz CT molecular complexity index is 1620. The highest BCUT2D eigenvalue weighted by molar-refractivity contribution is 7.89. The first kappa shape index (κ1) is 34.3. The van der Waals surface area contributed by atoms with Gasteiger partial charge in [0.1, 0.15) is 13.1 Å². The maximum absolute atomic E-state index is 13.7. The number of nitrogens with zero attached hydrogens (tertiary/aromatic N) is 4. The van der Waals surface area contributed by atoms with Crippen molar-refractivity contribution < 1.29 is 33.1 Å². The highest BCUT2D eigenvalue weighted by Gasteiger charge is 2.38. The molecule has 4 amide bonds. The third kappa shape index (κ3) is 8.99. The maximum Gasteiger partial charge on any atom is 0.328 e. The number of oxime groups is 1. The first-order valence-electron chi connectivity index (χ1n) is 14.9.